The van der Waals surface area contributed by atoms with Crippen LogP contribution in [-0.4, -0.2) is 34.2 Å². The minimum atomic E-state index is -0.0992. The minimum absolute atomic E-state index is 0.0992. The average molecular weight is 223 g/mol. The van der Waals surface area contributed by atoms with Gasteiger partial charge in [0, 0.05) is 13.1 Å². The van der Waals surface area contributed by atoms with E-state index in [9.17, 15) is 4.79 Å². The summed E-state index contributed by atoms with van der Waals surface area (Å²) in [6.45, 7) is 1.64. The lowest BCUT2D eigenvalue weighted by Gasteiger charge is -2.20. The summed E-state index contributed by atoms with van der Waals surface area (Å²) in [7, 11) is 0. The van der Waals surface area contributed by atoms with Gasteiger partial charge >= 0.3 is 6.03 Å². The highest BCUT2D eigenvalue weighted by Crippen LogP contribution is 2.15. The zero-order chi connectivity index (χ0) is 11.4. The highest BCUT2D eigenvalue weighted by molar-refractivity contribution is 5.91. The van der Waals surface area contributed by atoms with Crippen LogP contribution in [0.3, 0.4) is 0 Å². The van der Waals surface area contributed by atoms with E-state index in [4.69, 9.17) is 5.73 Å². The van der Waals surface area contributed by atoms with Crippen LogP contribution in [0.2, 0.25) is 0 Å². The molecule has 88 valence electrons. The van der Waals surface area contributed by atoms with E-state index in [0.717, 1.165) is 25.9 Å². The SMILES string of the molecule is Nc1cn[nH]c1NC(=O)N1CCCCCC1. The molecule has 6 heteroatoms. The monoisotopic (exact) mass is 223 g/mol. The number of amides is 2. The van der Waals surface area contributed by atoms with Gasteiger partial charge in [-0.1, -0.05) is 12.8 Å². The first kappa shape index (κ1) is 10.8. The molecule has 6 nitrogen and oxygen atoms in total. The first-order valence-corrected chi connectivity index (χ1v) is 5.62. The molecule has 0 radical (unpaired) electrons. The van der Waals surface area contributed by atoms with Crippen molar-refractivity contribution >= 4 is 17.5 Å². The van der Waals surface area contributed by atoms with Gasteiger partial charge in [-0.05, 0) is 12.8 Å². The molecular weight excluding hydrogens is 206 g/mol. The number of nitrogens with zero attached hydrogens (tertiary/aromatic N) is 2. The Labute approximate surface area is 94.2 Å². The van der Waals surface area contributed by atoms with Crippen LogP contribution in [0.25, 0.3) is 0 Å². The predicted molar refractivity (Wildman–Crippen MR) is 62.1 cm³/mol. The standard InChI is InChI=1S/C10H17N5O/c11-8-7-12-14-9(8)13-10(16)15-5-3-1-2-4-6-15/h7H,1-6,11H2,(H2,12,13,14,16). The van der Waals surface area contributed by atoms with Gasteiger partial charge in [0.2, 0.25) is 0 Å². The molecular formula is C10H17N5O. The second kappa shape index (κ2) is 4.87. The second-order valence-electron chi connectivity index (χ2n) is 4.03. The zero-order valence-electron chi connectivity index (χ0n) is 9.20. The first-order chi connectivity index (χ1) is 7.77. The van der Waals surface area contributed by atoms with E-state index in [2.05, 4.69) is 15.5 Å². The Morgan fingerprint density at radius 2 is 2.06 bits per heavy atom. The Kier molecular flexibility index (Phi) is 3.28. The fourth-order valence-corrected chi connectivity index (χ4v) is 1.86. The Morgan fingerprint density at radius 1 is 1.38 bits per heavy atom. The molecule has 2 amide bonds. The third-order valence-electron chi connectivity index (χ3n) is 2.79. The maximum Gasteiger partial charge on any atom is 0.323 e. The van der Waals surface area contributed by atoms with Crippen LogP contribution in [0.5, 0.6) is 0 Å². The van der Waals surface area contributed by atoms with E-state index >= 15 is 0 Å². The van der Waals surface area contributed by atoms with Crippen LogP contribution < -0.4 is 11.1 Å². The van der Waals surface area contributed by atoms with Crippen LogP contribution >= 0.6 is 0 Å². The zero-order valence-corrected chi connectivity index (χ0v) is 9.20. The number of hydrogen-bond acceptors (Lipinski definition) is 3. The number of anilines is 2. The Morgan fingerprint density at radius 3 is 2.62 bits per heavy atom. The topological polar surface area (TPSA) is 87.0 Å². The van der Waals surface area contributed by atoms with Crippen LogP contribution in [0, 0.1) is 0 Å². The summed E-state index contributed by atoms with van der Waals surface area (Å²) in [5, 5.41) is 9.14. The first-order valence-electron chi connectivity index (χ1n) is 5.62. The van der Waals surface area contributed by atoms with Crippen molar-refractivity contribution in [3.63, 3.8) is 0 Å². The molecule has 1 saturated heterocycles. The molecule has 1 aromatic rings. The van der Waals surface area contributed by atoms with Gasteiger partial charge in [0.1, 0.15) is 0 Å². The summed E-state index contributed by atoms with van der Waals surface area (Å²) in [6.07, 6.45) is 6.04. The Hall–Kier alpha value is -1.72. The normalized spacial score (nSPS) is 16.9. The maximum atomic E-state index is 11.9. The quantitative estimate of drug-likeness (QED) is 0.672. The fraction of sp³-hybridized carbons (Fsp3) is 0.600. The predicted octanol–water partition coefficient (Wildman–Crippen LogP) is 1.40. The number of nitrogens with two attached hydrogens (primary N) is 1. The largest absolute Gasteiger partial charge is 0.394 e. The molecule has 0 aromatic carbocycles. The Balaban J connectivity index is 1.94. The van der Waals surface area contributed by atoms with Crippen molar-refractivity contribution in [2.24, 2.45) is 0 Å². The van der Waals surface area contributed by atoms with Gasteiger partial charge in [0.15, 0.2) is 5.82 Å². The van der Waals surface area contributed by atoms with Crippen LogP contribution in [0.1, 0.15) is 25.7 Å². The summed E-state index contributed by atoms with van der Waals surface area (Å²) >= 11 is 0. The number of aromatic amines is 1. The molecule has 0 bridgehead atoms. The van der Waals surface area contributed by atoms with Crippen molar-refractivity contribution in [2.45, 2.75) is 25.7 Å². The molecule has 2 heterocycles. The van der Waals surface area contributed by atoms with Gasteiger partial charge in [-0.15, -0.1) is 0 Å². The third kappa shape index (κ3) is 2.44. The molecule has 16 heavy (non-hydrogen) atoms. The van der Waals surface area contributed by atoms with E-state index < -0.39 is 0 Å². The average Bonchev–Trinajstić information content (AvgIpc) is 2.57. The van der Waals surface area contributed by atoms with Crippen LogP contribution in [-0.2, 0) is 0 Å². The molecule has 1 fully saturated rings. The van der Waals surface area contributed by atoms with Crippen molar-refractivity contribution in [3.05, 3.63) is 6.20 Å². The Bertz CT molecular complexity index is 354. The summed E-state index contributed by atoms with van der Waals surface area (Å²) < 4.78 is 0. The van der Waals surface area contributed by atoms with E-state index in [-0.39, 0.29) is 6.03 Å². The molecule has 1 aliphatic rings. The number of likely N-dealkylation sites (tertiary alicyclic amines) is 1. The van der Waals surface area contributed by atoms with Gasteiger partial charge in [0.05, 0.1) is 11.9 Å². The number of carbonyl (C=O) groups excluding carboxylic acids is 1. The summed E-state index contributed by atoms with van der Waals surface area (Å²) in [5.41, 5.74) is 6.08. The van der Waals surface area contributed by atoms with Crippen molar-refractivity contribution < 1.29 is 4.79 Å². The maximum absolute atomic E-state index is 11.9. The number of nitrogens with one attached hydrogen (secondary N) is 2. The molecule has 4 N–H and O–H groups in total. The van der Waals surface area contributed by atoms with Crippen molar-refractivity contribution in [2.75, 3.05) is 24.1 Å². The molecule has 0 atom stereocenters. The third-order valence-corrected chi connectivity index (χ3v) is 2.79. The lowest BCUT2D eigenvalue weighted by molar-refractivity contribution is 0.213. The second-order valence-corrected chi connectivity index (χ2v) is 4.03. The highest BCUT2D eigenvalue weighted by atomic mass is 16.2. The van der Waals surface area contributed by atoms with Crippen LogP contribution in [0.4, 0.5) is 16.3 Å². The summed E-state index contributed by atoms with van der Waals surface area (Å²) in [4.78, 5) is 13.7. The number of aromatic nitrogens is 2. The number of carbonyl (C=O) groups is 1. The number of urea groups is 1. The summed E-state index contributed by atoms with van der Waals surface area (Å²) in [6, 6.07) is -0.0992. The van der Waals surface area contributed by atoms with Gasteiger partial charge in [-0.2, -0.15) is 5.10 Å². The molecule has 0 spiro atoms. The van der Waals surface area contributed by atoms with Gasteiger partial charge in [0.25, 0.3) is 0 Å². The molecule has 0 aliphatic carbocycles. The molecule has 1 aliphatic heterocycles. The van der Waals surface area contributed by atoms with E-state index in [1.165, 1.54) is 19.0 Å². The number of H-pyrrole nitrogens is 1. The van der Waals surface area contributed by atoms with Gasteiger partial charge in [-0.25, -0.2) is 4.79 Å². The number of rotatable bonds is 1. The van der Waals surface area contributed by atoms with Crippen molar-refractivity contribution in [1.29, 1.82) is 0 Å². The minimum Gasteiger partial charge on any atom is -0.394 e. The molecule has 2 rings (SSSR count). The van der Waals surface area contributed by atoms with Crippen molar-refractivity contribution in [3.8, 4) is 0 Å². The number of nitrogen functional groups attached to an aromatic ring is 1. The van der Waals surface area contributed by atoms with E-state index in [1.54, 1.807) is 0 Å². The lowest BCUT2D eigenvalue weighted by atomic mass is 10.2. The molecule has 0 unspecified atom stereocenters. The summed E-state index contributed by atoms with van der Waals surface area (Å²) in [5.74, 6) is 0.481. The van der Waals surface area contributed by atoms with E-state index in [0.29, 0.717) is 11.5 Å². The molecule has 1 aromatic heterocycles. The van der Waals surface area contributed by atoms with E-state index in [1.807, 2.05) is 4.90 Å². The number of hydrogen-bond donors (Lipinski definition) is 3. The smallest absolute Gasteiger partial charge is 0.323 e. The highest BCUT2D eigenvalue weighted by Gasteiger charge is 2.16. The van der Waals surface area contributed by atoms with Crippen molar-refractivity contribution in [1.82, 2.24) is 15.1 Å². The fourth-order valence-electron chi connectivity index (χ4n) is 1.86. The molecule has 0 saturated carbocycles. The van der Waals surface area contributed by atoms with Gasteiger partial charge < -0.3 is 10.6 Å². The lowest BCUT2D eigenvalue weighted by Crippen LogP contribution is -2.35. The van der Waals surface area contributed by atoms with Crippen LogP contribution in [0.15, 0.2) is 6.20 Å². The van der Waals surface area contributed by atoms with Gasteiger partial charge in [-0.3, -0.25) is 10.4 Å².